The predicted molar refractivity (Wildman–Crippen MR) is 85.4 cm³/mol. The maximum absolute atomic E-state index is 4.29. The zero-order valence-corrected chi connectivity index (χ0v) is 13.2. The largest absolute Gasteiger partial charge is 0.355 e. The third kappa shape index (κ3) is 3.33. The monoisotopic (exact) mass is 292 g/mol. The highest BCUT2D eigenvalue weighted by atomic mass is 32.1. The molecule has 0 spiro atoms. The van der Waals surface area contributed by atoms with Crippen LogP contribution in [0.1, 0.15) is 30.2 Å². The maximum Gasteiger partial charge on any atom is 0.191 e. The molecule has 1 aromatic rings. The summed E-state index contributed by atoms with van der Waals surface area (Å²) in [5.74, 6) is 0.951. The molecule has 5 heteroatoms. The molecule has 4 nitrogen and oxygen atoms in total. The molecule has 0 amide bonds. The van der Waals surface area contributed by atoms with Gasteiger partial charge in [-0.3, -0.25) is 9.89 Å². The van der Waals surface area contributed by atoms with E-state index < -0.39 is 0 Å². The van der Waals surface area contributed by atoms with E-state index in [1.807, 2.05) is 18.4 Å². The Balaban J connectivity index is 1.48. The smallest absolute Gasteiger partial charge is 0.191 e. The van der Waals surface area contributed by atoms with Gasteiger partial charge in [-0.15, -0.1) is 11.3 Å². The number of thiophene rings is 1. The molecule has 1 aliphatic heterocycles. The third-order valence-corrected chi connectivity index (χ3v) is 5.19. The summed E-state index contributed by atoms with van der Waals surface area (Å²) in [6.07, 6.45) is 3.76. The van der Waals surface area contributed by atoms with Gasteiger partial charge in [0.05, 0.1) is 0 Å². The molecule has 0 bridgehead atoms. The zero-order chi connectivity index (χ0) is 13.9. The Bertz CT molecular complexity index is 478. The van der Waals surface area contributed by atoms with Crippen LogP contribution in [-0.2, 0) is 13.0 Å². The number of guanidine groups is 1. The SMILES string of the molecule is CN=C(NC[C@@H](C)N1CCc2sccc2C1)NC1CC1. The van der Waals surface area contributed by atoms with Crippen LogP contribution in [0.4, 0.5) is 0 Å². The molecule has 2 aliphatic rings. The number of nitrogens with one attached hydrogen (secondary N) is 2. The summed E-state index contributed by atoms with van der Waals surface area (Å²) in [5, 5.41) is 9.11. The fourth-order valence-electron chi connectivity index (χ4n) is 2.64. The Morgan fingerprint density at radius 3 is 3.15 bits per heavy atom. The lowest BCUT2D eigenvalue weighted by Gasteiger charge is -2.32. The first-order chi connectivity index (χ1) is 9.76. The number of hydrogen-bond acceptors (Lipinski definition) is 3. The van der Waals surface area contributed by atoms with Gasteiger partial charge in [-0.1, -0.05) is 0 Å². The number of nitrogens with zero attached hydrogens (tertiary/aromatic N) is 2. The minimum Gasteiger partial charge on any atom is -0.355 e. The molecule has 1 aromatic heterocycles. The molecule has 0 saturated heterocycles. The summed E-state index contributed by atoms with van der Waals surface area (Å²) >= 11 is 1.90. The van der Waals surface area contributed by atoms with Crippen LogP contribution < -0.4 is 10.6 Å². The van der Waals surface area contributed by atoms with Crippen molar-refractivity contribution >= 4 is 17.3 Å². The first-order valence-corrected chi connectivity index (χ1v) is 8.40. The van der Waals surface area contributed by atoms with Crippen LogP contribution in [0.25, 0.3) is 0 Å². The average Bonchev–Trinajstić information content (AvgIpc) is 3.16. The van der Waals surface area contributed by atoms with E-state index in [4.69, 9.17) is 0 Å². The average molecular weight is 292 g/mol. The van der Waals surface area contributed by atoms with Crippen LogP contribution in [0.15, 0.2) is 16.4 Å². The molecule has 2 N–H and O–H groups in total. The van der Waals surface area contributed by atoms with Gasteiger partial charge in [0.2, 0.25) is 0 Å². The summed E-state index contributed by atoms with van der Waals surface area (Å²) in [4.78, 5) is 8.43. The second-order valence-electron chi connectivity index (χ2n) is 5.81. The second kappa shape index (κ2) is 6.14. The molecule has 0 aromatic carbocycles. The Labute approximate surface area is 125 Å². The molecule has 1 fully saturated rings. The molecular formula is C15H24N4S. The van der Waals surface area contributed by atoms with E-state index in [1.54, 1.807) is 4.88 Å². The lowest BCUT2D eigenvalue weighted by molar-refractivity contribution is 0.192. The van der Waals surface area contributed by atoms with E-state index in [-0.39, 0.29) is 0 Å². The number of aliphatic imine (C=N–C) groups is 1. The molecule has 2 heterocycles. The fourth-order valence-corrected chi connectivity index (χ4v) is 3.53. The molecular weight excluding hydrogens is 268 g/mol. The Hall–Kier alpha value is -1.07. The van der Waals surface area contributed by atoms with Crippen molar-refractivity contribution in [2.24, 2.45) is 4.99 Å². The highest BCUT2D eigenvalue weighted by Gasteiger charge is 2.24. The van der Waals surface area contributed by atoms with Gasteiger partial charge in [-0.25, -0.2) is 0 Å². The van der Waals surface area contributed by atoms with E-state index in [2.05, 4.69) is 38.9 Å². The zero-order valence-electron chi connectivity index (χ0n) is 12.4. The molecule has 1 aliphatic carbocycles. The standard InChI is InChI=1S/C15H24N4S/c1-11(9-17-15(16-2)18-13-3-4-13)19-7-5-14-12(10-19)6-8-20-14/h6,8,11,13H,3-5,7,9-10H2,1-2H3,(H2,16,17,18)/t11-/m1/s1. The van der Waals surface area contributed by atoms with Crippen molar-refractivity contribution in [1.29, 1.82) is 0 Å². The van der Waals surface area contributed by atoms with Gasteiger partial charge < -0.3 is 10.6 Å². The van der Waals surface area contributed by atoms with Gasteiger partial charge in [-0.05, 0) is 43.2 Å². The summed E-state index contributed by atoms with van der Waals surface area (Å²) in [6.45, 7) is 5.52. The number of hydrogen-bond donors (Lipinski definition) is 2. The van der Waals surface area contributed by atoms with Crippen LogP contribution in [0.5, 0.6) is 0 Å². The number of fused-ring (bicyclic) bond motifs is 1. The van der Waals surface area contributed by atoms with E-state index in [0.29, 0.717) is 12.1 Å². The number of rotatable bonds is 4. The molecule has 1 saturated carbocycles. The third-order valence-electron chi connectivity index (χ3n) is 4.17. The summed E-state index contributed by atoms with van der Waals surface area (Å²) in [5.41, 5.74) is 1.52. The van der Waals surface area contributed by atoms with Gasteiger partial charge in [0, 0.05) is 43.6 Å². The highest BCUT2D eigenvalue weighted by molar-refractivity contribution is 7.10. The predicted octanol–water partition coefficient (Wildman–Crippen LogP) is 1.82. The molecule has 20 heavy (non-hydrogen) atoms. The molecule has 1 atom stereocenters. The van der Waals surface area contributed by atoms with E-state index in [9.17, 15) is 0 Å². The Morgan fingerprint density at radius 2 is 2.40 bits per heavy atom. The van der Waals surface area contributed by atoms with Crippen molar-refractivity contribution in [3.63, 3.8) is 0 Å². The minimum atomic E-state index is 0.529. The van der Waals surface area contributed by atoms with Crippen molar-refractivity contribution in [2.45, 2.75) is 44.8 Å². The van der Waals surface area contributed by atoms with Crippen molar-refractivity contribution in [1.82, 2.24) is 15.5 Å². The molecule has 0 radical (unpaired) electrons. The van der Waals surface area contributed by atoms with Gasteiger partial charge in [0.25, 0.3) is 0 Å². The van der Waals surface area contributed by atoms with Crippen LogP contribution >= 0.6 is 11.3 Å². The van der Waals surface area contributed by atoms with Crippen LogP contribution in [0.3, 0.4) is 0 Å². The molecule has 0 unspecified atom stereocenters. The Morgan fingerprint density at radius 1 is 1.55 bits per heavy atom. The summed E-state index contributed by atoms with van der Waals surface area (Å²) < 4.78 is 0. The summed E-state index contributed by atoms with van der Waals surface area (Å²) in [6, 6.07) is 3.46. The van der Waals surface area contributed by atoms with Gasteiger partial charge in [0.15, 0.2) is 5.96 Å². The fraction of sp³-hybridized carbons (Fsp3) is 0.667. The lowest BCUT2D eigenvalue weighted by atomic mass is 10.1. The summed E-state index contributed by atoms with van der Waals surface area (Å²) in [7, 11) is 1.85. The molecule has 110 valence electrons. The Kier molecular flexibility index (Phi) is 4.27. The topological polar surface area (TPSA) is 39.7 Å². The maximum atomic E-state index is 4.29. The normalized spacial score (nSPS) is 21.4. The highest BCUT2D eigenvalue weighted by Crippen LogP contribution is 2.25. The first-order valence-electron chi connectivity index (χ1n) is 7.52. The van der Waals surface area contributed by atoms with Crippen molar-refractivity contribution in [3.05, 3.63) is 21.9 Å². The van der Waals surface area contributed by atoms with E-state index in [1.165, 1.54) is 31.4 Å². The van der Waals surface area contributed by atoms with Crippen LogP contribution in [-0.4, -0.2) is 43.1 Å². The minimum absolute atomic E-state index is 0.529. The molecule has 3 rings (SSSR count). The second-order valence-corrected chi connectivity index (χ2v) is 6.81. The van der Waals surface area contributed by atoms with Gasteiger partial charge in [0.1, 0.15) is 0 Å². The van der Waals surface area contributed by atoms with Crippen LogP contribution in [0.2, 0.25) is 0 Å². The van der Waals surface area contributed by atoms with Crippen molar-refractivity contribution in [3.8, 4) is 0 Å². The van der Waals surface area contributed by atoms with Gasteiger partial charge in [-0.2, -0.15) is 0 Å². The van der Waals surface area contributed by atoms with Crippen molar-refractivity contribution in [2.75, 3.05) is 20.1 Å². The van der Waals surface area contributed by atoms with Crippen molar-refractivity contribution < 1.29 is 0 Å². The first kappa shape index (κ1) is 13.9. The van der Waals surface area contributed by atoms with E-state index >= 15 is 0 Å². The quantitative estimate of drug-likeness (QED) is 0.657. The lowest BCUT2D eigenvalue weighted by Crippen LogP contribution is -2.47. The van der Waals surface area contributed by atoms with Crippen LogP contribution in [0, 0.1) is 0 Å². The van der Waals surface area contributed by atoms with E-state index in [0.717, 1.165) is 19.0 Å². The van der Waals surface area contributed by atoms with Gasteiger partial charge >= 0.3 is 0 Å².